The second-order valence-electron chi connectivity index (χ2n) is 7.95. The lowest BCUT2D eigenvalue weighted by molar-refractivity contribution is 0.0696. The van der Waals surface area contributed by atoms with E-state index >= 15 is 0 Å². The van der Waals surface area contributed by atoms with Crippen LogP contribution in [-0.2, 0) is 6.61 Å². The molecule has 3 N–H and O–H groups in total. The molecule has 0 fully saturated rings. The van der Waals surface area contributed by atoms with Crippen LogP contribution >= 0.6 is 0 Å². The molecule has 1 unspecified atom stereocenters. The van der Waals surface area contributed by atoms with E-state index in [0.717, 1.165) is 5.56 Å². The van der Waals surface area contributed by atoms with E-state index in [1.165, 1.54) is 19.1 Å². The molecule has 0 spiro atoms. The third-order valence-electron chi connectivity index (χ3n) is 5.27. The van der Waals surface area contributed by atoms with Crippen LogP contribution in [0, 0.1) is 0 Å². The molecule has 0 aliphatic heterocycles. The van der Waals surface area contributed by atoms with Gasteiger partial charge in [-0.2, -0.15) is 0 Å². The van der Waals surface area contributed by atoms with Crippen molar-refractivity contribution in [3.8, 4) is 11.5 Å². The van der Waals surface area contributed by atoms with Crippen LogP contribution in [0.3, 0.4) is 0 Å². The van der Waals surface area contributed by atoms with Gasteiger partial charge in [-0.25, -0.2) is 4.79 Å². The summed E-state index contributed by atoms with van der Waals surface area (Å²) in [6, 6.07) is 16.6. The number of carbonyl (C=O) groups is 2. The van der Waals surface area contributed by atoms with Gasteiger partial charge >= 0.3 is 5.97 Å². The summed E-state index contributed by atoms with van der Waals surface area (Å²) in [5.74, 6) is -0.832. The van der Waals surface area contributed by atoms with Gasteiger partial charge in [0.25, 0.3) is 0 Å². The molecule has 0 aliphatic carbocycles. The van der Waals surface area contributed by atoms with Crippen molar-refractivity contribution in [3.63, 3.8) is 0 Å². The Bertz CT molecular complexity index is 1130. The van der Waals surface area contributed by atoms with Crippen LogP contribution in [0.15, 0.2) is 60.7 Å². The Morgan fingerprint density at radius 2 is 1.66 bits per heavy atom. The summed E-state index contributed by atoms with van der Waals surface area (Å²) < 4.78 is 5.93. The van der Waals surface area contributed by atoms with E-state index in [0.29, 0.717) is 22.4 Å². The molecule has 0 radical (unpaired) electrons. The molecule has 0 amide bonds. The standard InChI is InChI=1S/C26H26O6/c1-15(2)23-22(12-11-21(16(3)27)25(23)29)32-14-17-7-9-18(10-8-17)24(28)19-5-4-6-20(13-19)26(30)31/h4-13,15,24,28-29H,14H2,1-3H3,(H,30,31). The van der Waals surface area contributed by atoms with Crippen LogP contribution < -0.4 is 4.74 Å². The predicted octanol–water partition coefficient (Wildman–Crippen LogP) is 5.08. The van der Waals surface area contributed by atoms with E-state index < -0.39 is 12.1 Å². The molecule has 0 aliphatic rings. The minimum atomic E-state index is -1.05. The average molecular weight is 434 g/mol. The smallest absolute Gasteiger partial charge is 0.335 e. The van der Waals surface area contributed by atoms with Crippen LogP contribution in [-0.4, -0.2) is 27.1 Å². The number of carboxylic acid groups (broad SMARTS) is 1. The second-order valence-corrected chi connectivity index (χ2v) is 7.95. The topological polar surface area (TPSA) is 104 Å². The summed E-state index contributed by atoms with van der Waals surface area (Å²) in [6.45, 7) is 5.49. The number of aliphatic hydroxyl groups is 1. The summed E-state index contributed by atoms with van der Waals surface area (Å²) in [5.41, 5.74) is 2.95. The Labute approximate surface area is 186 Å². The normalized spacial score (nSPS) is 11.9. The van der Waals surface area contributed by atoms with Crippen LogP contribution in [0.25, 0.3) is 0 Å². The number of Topliss-reactive ketones (excluding diaryl/α,β-unsaturated/α-hetero) is 1. The lowest BCUT2D eigenvalue weighted by Gasteiger charge is -2.18. The predicted molar refractivity (Wildman–Crippen MR) is 120 cm³/mol. The van der Waals surface area contributed by atoms with Crippen molar-refractivity contribution in [3.05, 3.63) is 94.0 Å². The Kier molecular flexibility index (Phi) is 6.95. The Morgan fingerprint density at radius 3 is 2.25 bits per heavy atom. The summed E-state index contributed by atoms with van der Waals surface area (Å²) in [5, 5.41) is 30.3. The molecule has 32 heavy (non-hydrogen) atoms. The molecule has 1 atom stereocenters. The third-order valence-corrected chi connectivity index (χ3v) is 5.27. The molecular weight excluding hydrogens is 408 g/mol. The lowest BCUT2D eigenvalue weighted by atomic mass is 9.96. The first kappa shape index (κ1) is 23.0. The number of hydrogen-bond donors (Lipinski definition) is 3. The fraction of sp³-hybridized carbons (Fsp3) is 0.231. The minimum absolute atomic E-state index is 0.0385. The van der Waals surface area contributed by atoms with Gasteiger partial charge in [0.1, 0.15) is 24.2 Å². The van der Waals surface area contributed by atoms with E-state index in [4.69, 9.17) is 9.84 Å². The molecule has 0 saturated heterocycles. The van der Waals surface area contributed by atoms with Crippen molar-refractivity contribution in [1.29, 1.82) is 0 Å². The zero-order chi connectivity index (χ0) is 23.4. The maximum absolute atomic E-state index is 11.7. The summed E-state index contributed by atoms with van der Waals surface area (Å²) >= 11 is 0. The number of phenols is 1. The molecule has 0 saturated carbocycles. The first-order chi connectivity index (χ1) is 15.2. The molecule has 166 valence electrons. The average Bonchev–Trinajstić information content (AvgIpc) is 2.77. The zero-order valence-corrected chi connectivity index (χ0v) is 18.2. The first-order valence-electron chi connectivity index (χ1n) is 10.3. The monoisotopic (exact) mass is 434 g/mol. The zero-order valence-electron chi connectivity index (χ0n) is 18.2. The molecule has 0 aromatic heterocycles. The summed E-state index contributed by atoms with van der Waals surface area (Å²) in [6.07, 6.45) is -0.951. The van der Waals surface area contributed by atoms with Gasteiger partial charge in [0.2, 0.25) is 0 Å². The van der Waals surface area contributed by atoms with Gasteiger partial charge < -0.3 is 20.1 Å². The molecule has 3 aromatic rings. The highest BCUT2D eigenvalue weighted by molar-refractivity contribution is 5.97. The molecular formula is C26H26O6. The van der Waals surface area contributed by atoms with Crippen molar-refractivity contribution in [2.75, 3.05) is 0 Å². The van der Waals surface area contributed by atoms with Crippen LogP contribution in [0.2, 0.25) is 0 Å². The molecule has 6 nitrogen and oxygen atoms in total. The largest absolute Gasteiger partial charge is 0.507 e. The van der Waals surface area contributed by atoms with Crippen molar-refractivity contribution in [1.82, 2.24) is 0 Å². The third kappa shape index (κ3) is 4.98. The van der Waals surface area contributed by atoms with Gasteiger partial charge in [0, 0.05) is 5.56 Å². The van der Waals surface area contributed by atoms with Gasteiger partial charge in [-0.3, -0.25) is 4.79 Å². The fourth-order valence-electron chi connectivity index (χ4n) is 3.55. The van der Waals surface area contributed by atoms with Crippen molar-refractivity contribution in [2.45, 2.75) is 39.4 Å². The van der Waals surface area contributed by atoms with Gasteiger partial charge in [-0.15, -0.1) is 0 Å². The van der Waals surface area contributed by atoms with E-state index in [2.05, 4.69) is 0 Å². The molecule has 6 heteroatoms. The maximum atomic E-state index is 11.7. The molecule has 0 bridgehead atoms. The van der Waals surface area contributed by atoms with Crippen LogP contribution in [0.5, 0.6) is 11.5 Å². The van der Waals surface area contributed by atoms with Crippen LogP contribution in [0.4, 0.5) is 0 Å². The molecule has 3 aromatic carbocycles. The highest BCUT2D eigenvalue weighted by atomic mass is 16.5. The van der Waals surface area contributed by atoms with Gasteiger partial charge in [-0.1, -0.05) is 50.2 Å². The van der Waals surface area contributed by atoms with Gasteiger partial charge in [0.05, 0.1) is 11.1 Å². The highest BCUT2D eigenvalue weighted by Gasteiger charge is 2.19. The van der Waals surface area contributed by atoms with Crippen molar-refractivity contribution < 1.29 is 29.6 Å². The number of rotatable bonds is 8. The number of benzene rings is 3. The SMILES string of the molecule is CC(=O)c1ccc(OCc2ccc(C(O)c3cccc(C(=O)O)c3)cc2)c(C(C)C)c1O. The number of aromatic hydroxyl groups is 1. The van der Waals surface area contributed by atoms with E-state index in [1.807, 2.05) is 26.0 Å². The number of hydrogen-bond acceptors (Lipinski definition) is 5. The minimum Gasteiger partial charge on any atom is -0.507 e. The first-order valence-corrected chi connectivity index (χ1v) is 10.3. The van der Waals surface area contributed by atoms with Crippen molar-refractivity contribution in [2.24, 2.45) is 0 Å². The molecule has 0 heterocycles. The van der Waals surface area contributed by atoms with Crippen molar-refractivity contribution >= 4 is 11.8 Å². The number of carboxylic acids is 1. The highest BCUT2D eigenvalue weighted by Crippen LogP contribution is 2.37. The van der Waals surface area contributed by atoms with E-state index in [-0.39, 0.29) is 35.2 Å². The van der Waals surface area contributed by atoms with Crippen LogP contribution in [0.1, 0.15) is 75.8 Å². The lowest BCUT2D eigenvalue weighted by Crippen LogP contribution is -2.05. The number of ether oxygens (including phenoxy) is 1. The molecule has 3 rings (SSSR count). The van der Waals surface area contributed by atoms with Gasteiger partial charge in [-0.05, 0) is 53.8 Å². The number of aliphatic hydroxyl groups excluding tert-OH is 1. The Morgan fingerprint density at radius 1 is 0.969 bits per heavy atom. The quantitative estimate of drug-likeness (QED) is 0.427. The second kappa shape index (κ2) is 9.66. The number of aromatic carboxylic acids is 1. The Balaban J connectivity index is 1.76. The van der Waals surface area contributed by atoms with E-state index in [9.17, 15) is 19.8 Å². The summed E-state index contributed by atoms with van der Waals surface area (Å²) in [4.78, 5) is 22.9. The van der Waals surface area contributed by atoms with E-state index in [1.54, 1.807) is 36.4 Å². The number of phenolic OH excluding ortho intramolecular Hbond substituents is 1. The maximum Gasteiger partial charge on any atom is 0.335 e. The fourth-order valence-corrected chi connectivity index (χ4v) is 3.55. The Hall–Kier alpha value is -3.64. The summed E-state index contributed by atoms with van der Waals surface area (Å²) in [7, 11) is 0. The van der Waals surface area contributed by atoms with Gasteiger partial charge in [0.15, 0.2) is 5.78 Å². The number of carbonyl (C=O) groups excluding carboxylic acids is 1. The number of ketones is 1.